The van der Waals surface area contributed by atoms with Crippen molar-refractivity contribution in [2.24, 2.45) is 11.8 Å². The van der Waals surface area contributed by atoms with E-state index in [0.717, 1.165) is 22.4 Å². The predicted molar refractivity (Wildman–Crippen MR) is 133 cm³/mol. The van der Waals surface area contributed by atoms with Gasteiger partial charge in [-0.1, -0.05) is 68.4 Å². The maximum Gasteiger partial charge on any atom is 0.336 e. The first-order chi connectivity index (χ1) is 16.9. The largest absolute Gasteiger partial charge is 0.468 e. The molecule has 6 nitrogen and oxygen atoms in total. The molecule has 1 aliphatic heterocycles. The zero-order valence-electron chi connectivity index (χ0n) is 20.6. The Morgan fingerprint density at radius 2 is 1.69 bits per heavy atom. The van der Waals surface area contributed by atoms with Gasteiger partial charge in [-0.25, -0.2) is 4.79 Å². The van der Waals surface area contributed by atoms with E-state index >= 15 is 0 Å². The van der Waals surface area contributed by atoms with Crippen molar-refractivity contribution in [1.29, 1.82) is 0 Å². The van der Waals surface area contributed by atoms with Crippen LogP contribution >= 0.6 is 0 Å². The maximum absolute atomic E-state index is 13.8. The van der Waals surface area contributed by atoms with E-state index in [2.05, 4.69) is 5.32 Å². The van der Waals surface area contributed by atoms with Crippen LogP contribution in [0, 0.1) is 11.8 Å². The lowest BCUT2D eigenvalue weighted by Crippen LogP contribution is -2.43. The molecular formula is C29H31NO5. The standard InChI is InChI=1S/C29H31NO5/c1-5-15-35-29(33)24-18(3)30-22-16-17(2)23(28(32)34-4)27(31)26(22)25(24)21-13-11-20(12-14-21)19-9-7-6-8-10-19/h6-14,17,23,25,30H,5,15-16H2,1-4H3/t17-,23+,25-/m1/s1. The SMILES string of the molecule is CCCOC(=O)C1=C(C)NC2=C(C(=O)[C@@H](C(=O)OC)[C@H](C)C2)[C@@H]1c1ccc(-c2ccccc2)cc1. The molecule has 2 aliphatic rings. The third-order valence-electron chi connectivity index (χ3n) is 6.75. The average Bonchev–Trinajstić information content (AvgIpc) is 2.86. The van der Waals surface area contributed by atoms with Gasteiger partial charge in [0.05, 0.1) is 19.3 Å². The van der Waals surface area contributed by atoms with Crippen LogP contribution in [0.25, 0.3) is 11.1 Å². The van der Waals surface area contributed by atoms with Gasteiger partial charge in [0.15, 0.2) is 5.78 Å². The number of methoxy groups -OCH3 is 1. The quantitative estimate of drug-likeness (QED) is 0.474. The first-order valence-electron chi connectivity index (χ1n) is 12.0. The molecule has 2 aromatic rings. The fourth-order valence-electron chi connectivity index (χ4n) is 5.06. The van der Waals surface area contributed by atoms with Crippen molar-refractivity contribution in [3.05, 3.63) is 82.7 Å². The number of carbonyl (C=O) groups excluding carboxylic acids is 3. The van der Waals surface area contributed by atoms with Gasteiger partial charge >= 0.3 is 11.9 Å². The van der Waals surface area contributed by atoms with Gasteiger partial charge in [-0.15, -0.1) is 0 Å². The second-order valence-electron chi connectivity index (χ2n) is 9.16. The van der Waals surface area contributed by atoms with Crippen molar-refractivity contribution in [1.82, 2.24) is 5.32 Å². The van der Waals surface area contributed by atoms with E-state index in [1.807, 2.05) is 75.4 Å². The first kappa shape index (κ1) is 24.5. The first-order valence-corrected chi connectivity index (χ1v) is 12.0. The molecule has 3 atom stereocenters. The minimum atomic E-state index is -0.905. The van der Waals surface area contributed by atoms with Crippen molar-refractivity contribution in [2.45, 2.75) is 39.5 Å². The highest BCUT2D eigenvalue weighted by Crippen LogP contribution is 2.45. The minimum absolute atomic E-state index is 0.219. The predicted octanol–water partition coefficient (Wildman–Crippen LogP) is 4.92. The molecule has 2 aromatic carbocycles. The van der Waals surface area contributed by atoms with Crippen molar-refractivity contribution in [2.75, 3.05) is 13.7 Å². The van der Waals surface area contributed by atoms with Crippen LogP contribution in [0.1, 0.15) is 45.1 Å². The molecule has 35 heavy (non-hydrogen) atoms. The summed E-state index contributed by atoms with van der Waals surface area (Å²) in [4.78, 5) is 39.5. The van der Waals surface area contributed by atoms with Gasteiger partial charge in [-0.3, -0.25) is 9.59 Å². The van der Waals surface area contributed by atoms with E-state index < -0.39 is 23.8 Å². The van der Waals surface area contributed by atoms with Crippen molar-refractivity contribution in [3.63, 3.8) is 0 Å². The summed E-state index contributed by atoms with van der Waals surface area (Å²) in [5.41, 5.74) is 5.17. The molecule has 0 saturated heterocycles. The second-order valence-corrected chi connectivity index (χ2v) is 9.16. The van der Waals surface area contributed by atoms with E-state index in [9.17, 15) is 14.4 Å². The van der Waals surface area contributed by atoms with Crippen LogP contribution in [0.2, 0.25) is 0 Å². The maximum atomic E-state index is 13.8. The number of esters is 2. The Balaban J connectivity index is 1.82. The molecule has 0 amide bonds. The summed E-state index contributed by atoms with van der Waals surface area (Å²) >= 11 is 0. The number of ether oxygens (including phenoxy) is 2. The summed E-state index contributed by atoms with van der Waals surface area (Å²) in [7, 11) is 1.29. The number of hydrogen-bond donors (Lipinski definition) is 1. The molecule has 0 aromatic heterocycles. The molecule has 0 saturated carbocycles. The number of carbonyl (C=O) groups is 3. The lowest BCUT2D eigenvalue weighted by Gasteiger charge is -2.38. The van der Waals surface area contributed by atoms with Gasteiger partial charge < -0.3 is 14.8 Å². The fourth-order valence-corrected chi connectivity index (χ4v) is 5.06. The summed E-state index contributed by atoms with van der Waals surface area (Å²) in [5, 5.41) is 3.29. The van der Waals surface area contributed by atoms with Crippen LogP contribution in [-0.4, -0.2) is 31.4 Å². The summed E-state index contributed by atoms with van der Waals surface area (Å²) in [6.45, 7) is 5.93. The van der Waals surface area contributed by atoms with Crippen molar-refractivity contribution < 1.29 is 23.9 Å². The molecule has 0 bridgehead atoms. The van der Waals surface area contributed by atoms with E-state index in [1.165, 1.54) is 7.11 Å². The van der Waals surface area contributed by atoms with Gasteiger partial charge in [0.1, 0.15) is 5.92 Å². The fraction of sp³-hybridized carbons (Fsp3) is 0.345. The number of allylic oxidation sites excluding steroid dienone is 3. The molecule has 0 radical (unpaired) electrons. The van der Waals surface area contributed by atoms with Crippen LogP contribution in [-0.2, 0) is 23.9 Å². The van der Waals surface area contributed by atoms with Crippen LogP contribution in [0.3, 0.4) is 0 Å². The Kier molecular flexibility index (Phi) is 7.20. The molecule has 0 unspecified atom stereocenters. The lowest BCUT2D eigenvalue weighted by atomic mass is 9.69. The average molecular weight is 474 g/mol. The minimum Gasteiger partial charge on any atom is -0.468 e. The summed E-state index contributed by atoms with van der Waals surface area (Å²) in [6, 6.07) is 17.9. The van der Waals surface area contributed by atoms with Gasteiger partial charge in [-0.05, 0) is 42.4 Å². The molecular weight excluding hydrogens is 442 g/mol. The topological polar surface area (TPSA) is 81.7 Å². The normalized spacial score (nSPS) is 21.8. The number of Topliss-reactive ketones (excluding diaryl/α,β-unsaturated/α-hetero) is 1. The van der Waals surface area contributed by atoms with Gasteiger partial charge in [0.25, 0.3) is 0 Å². The Morgan fingerprint density at radius 3 is 2.31 bits per heavy atom. The number of ketones is 1. The smallest absolute Gasteiger partial charge is 0.336 e. The summed E-state index contributed by atoms with van der Waals surface area (Å²) in [6.07, 6.45) is 1.20. The second kappa shape index (κ2) is 10.3. The van der Waals surface area contributed by atoms with Crippen molar-refractivity contribution in [3.8, 4) is 11.1 Å². The molecule has 0 fully saturated rings. The van der Waals surface area contributed by atoms with Gasteiger partial charge in [0, 0.05) is 22.9 Å². The third-order valence-corrected chi connectivity index (χ3v) is 6.75. The van der Waals surface area contributed by atoms with E-state index in [1.54, 1.807) is 0 Å². The molecule has 6 heteroatoms. The number of hydrogen-bond acceptors (Lipinski definition) is 6. The van der Waals surface area contributed by atoms with Crippen LogP contribution in [0.5, 0.6) is 0 Å². The molecule has 1 N–H and O–H groups in total. The zero-order chi connectivity index (χ0) is 25.1. The van der Waals surface area contributed by atoms with Crippen molar-refractivity contribution >= 4 is 17.7 Å². The highest BCUT2D eigenvalue weighted by Gasteiger charge is 2.47. The molecule has 182 valence electrons. The zero-order valence-corrected chi connectivity index (χ0v) is 20.6. The third kappa shape index (κ3) is 4.65. The van der Waals surface area contributed by atoms with Gasteiger partial charge in [-0.2, -0.15) is 0 Å². The lowest BCUT2D eigenvalue weighted by molar-refractivity contribution is -0.151. The van der Waals surface area contributed by atoms with Crippen LogP contribution in [0.4, 0.5) is 0 Å². The number of rotatable bonds is 6. The number of benzene rings is 2. The highest BCUT2D eigenvalue weighted by molar-refractivity contribution is 6.12. The Labute approximate surface area is 206 Å². The molecule has 0 spiro atoms. The van der Waals surface area contributed by atoms with Crippen LogP contribution < -0.4 is 5.32 Å². The monoisotopic (exact) mass is 473 g/mol. The Hall–Kier alpha value is -3.67. The van der Waals surface area contributed by atoms with E-state index in [4.69, 9.17) is 9.47 Å². The van der Waals surface area contributed by atoms with Crippen LogP contribution in [0.15, 0.2) is 77.1 Å². The molecule has 1 heterocycles. The molecule has 4 rings (SSSR count). The summed E-state index contributed by atoms with van der Waals surface area (Å²) in [5.74, 6) is -3.06. The number of nitrogens with one attached hydrogen (secondary N) is 1. The van der Waals surface area contributed by atoms with E-state index in [-0.39, 0.29) is 18.3 Å². The highest BCUT2D eigenvalue weighted by atomic mass is 16.5. The van der Waals surface area contributed by atoms with E-state index in [0.29, 0.717) is 29.7 Å². The van der Waals surface area contributed by atoms with Gasteiger partial charge in [0.2, 0.25) is 0 Å². The summed E-state index contributed by atoms with van der Waals surface area (Å²) < 4.78 is 10.5. The number of dihydropyridines is 1. The molecule has 1 aliphatic carbocycles. The Bertz CT molecular complexity index is 1190. The Morgan fingerprint density at radius 1 is 1.03 bits per heavy atom.